The summed E-state index contributed by atoms with van der Waals surface area (Å²) in [5, 5.41) is 6.20. The highest BCUT2D eigenvalue weighted by Crippen LogP contribution is 2.17. The molecule has 0 aliphatic carbocycles. The molecule has 1 aromatic carbocycles. The summed E-state index contributed by atoms with van der Waals surface area (Å²) in [4.78, 5) is 4.42. The van der Waals surface area contributed by atoms with Crippen molar-refractivity contribution in [2.24, 2.45) is 4.99 Å². The SMILES string of the molecule is C=CCNC(=NCc1ccccc1NS(C)(=O)=O)NCC.I. The molecule has 0 aliphatic rings. The van der Waals surface area contributed by atoms with Crippen LogP contribution in [0.1, 0.15) is 12.5 Å². The van der Waals surface area contributed by atoms with Gasteiger partial charge in [-0.15, -0.1) is 30.6 Å². The molecule has 1 aromatic rings. The van der Waals surface area contributed by atoms with Gasteiger partial charge >= 0.3 is 0 Å². The minimum absolute atomic E-state index is 0. The largest absolute Gasteiger partial charge is 0.357 e. The van der Waals surface area contributed by atoms with Crippen molar-refractivity contribution in [3.63, 3.8) is 0 Å². The number of hydrogen-bond donors (Lipinski definition) is 3. The lowest BCUT2D eigenvalue weighted by Crippen LogP contribution is -2.37. The number of nitrogens with zero attached hydrogens (tertiary/aromatic N) is 1. The van der Waals surface area contributed by atoms with Crippen molar-refractivity contribution in [3.05, 3.63) is 42.5 Å². The van der Waals surface area contributed by atoms with E-state index in [0.717, 1.165) is 18.4 Å². The number of hydrogen-bond acceptors (Lipinski definition) is 3. The maximum absolute atomic E-state index is 11.4. The van der Waals surface area contributed by atoms with E-state index in [-0.39, 0.29) is 24.0 Å². The van der Waals surface area contributed by atoms with E-state index < -0.39 is 10.0 Å². The quantitative estimate of drug-likeness (QED) is 0.263. The van der Waals surface area contributed by atoms with Gasteiger partial charge in [-0.25, -0.2) is 13.4 Å². The number of para-hydroxylation sites is 1. The molecule has 1 rings (SSSR count). The molecule has 22 heavy (non-hydrogen) atoms. The van der Waals surface area contributed by atoms with E-state index in [2.05, 4.69) is 26.9 Å². The predicted molar refractivity (Wildman–Crippen MR) is 103 cm³/mol. The highest BCUT2D eigenvalue weighted by Gasteiger charge is 2.06. The molecule has 0 saturated heterocycles. The lowest BCUT2D eigenvalue weighted by Gasteiger charge is -2.11. The molecule has 8 heteroatoms. The van der Waals surface area contributed by atoms with Gasteiger partial charge in [0.1, 0.15) is 0 Å². The molecule has 0 aliphatic heterocycles. The minimum Gasteiger partial charge on any atom is -0.357 e. The smallest absolute Gasteiger partial charge is 0.229 e. The van der Waals surface area contributed by atoms with E-state index in [0.29, 0.717) is 24.7 Å². The number of anilines is 1. The zero-order valence-electron chi connectivity index (χ0n) is 12.8. The van der Waals surface area contributed by atoms with Gasteiger partial charge in [-0.05, 0) is 18.6 Å². The summed E-state index contributed by atoms with van der Waals surface area (Å²) in [6, 6.07) is 7.19. The molecule has 0 atom stereocenters. The molecule has 0 aromatic heterocycles. The van der Waals surface area contributed by atoms with Crippen LogP contribution in [0.2, 0.25) is 0 Å². The third kappa shape index (κ3) is 8.23. The van der Waals surface area contributed by atoms with Crippen LogP contribution >= 0.6 is 24.0 Å². The number of halogens is 1. The highest BCUT2D eigenvalue weighted by atomic mass is 127. The second-order valence-electron chi connectivity index (χ2n) is 4.40. The molecule has 0 saturated carbocycles. The molecule has 0 spiro atoms. The third-order valence-corrected chi connectivity index (χ3v) is 3.07. The van der Waals surface area contributed by atoms with E-state index in [1.165, 1.54) is 0 Å². The Morgan fingerprint density at radius 2 is 2.00 bits per heavy atom. The van der Waals surface area contributed by atoms with Crippen LogP contribution in [-0.2, 0) is 16.6 Å². The summed E-state index contributed by atoms with van der Waals surface area (Å²) in [6.45, 7) is 7.33. The first-order valence-electron chi connectivity index (χ1n) is 6.65. The Morgan fingerprint density at radius 3 is 2.59 bits per heavy atom. The van der Waals surface area contributed by atoms with E-state index >= 15 is 0 Å². The van der Waals surface area contributed by atoms with Crippen molar-refractivity contribution in [3.8, 4) is 0 Å². The van der Waals surface area contributed by atoms with Gasteiger partial charge in [0.15, 0.2) is 5.96 Å². The molecule has 0 unspecified atom stereocenters. The van der Waals surface area contributed by atoms with E-state index in [1.54, 1.807) is 18.2 Å². The van der Waals surface area contributed by atoms with Gasteiger partial charge in [-0.3, -0.25) is 4.72 Å². The number of nitrogens with one attached hydrogen (secondary N) is 3. The van der Waals surface area contributed by atoms with Gasteiger partial charge in [-0.2, -0.15) is 0 Å². The fourth-order valence-corrected chi connectivity index (χ4v) is 2.23. The van der Waals surface area contributed by atoms with Crippen molar-refractivity contribution in [2.75, 3.05) is 24.1 Å². The Morgan fingerprint density at radius 1 is 1.32 bits per heavy atom. The first-order chi connectivity index (χ1) is 9.96. The van der Waals surface area contributed by atoms with Crippen molar-refractivity contribution in [2.45, 2.75) is 13.5 Å². The fraction of sp³-hybridized carbons (Fsp3) is 0.357. The second-order valence-corrected chi connectivity index (χ2v) is 6.14. The van der Waals surface area contributed by atoms with Gasteiger partial charge in [0.2, 0.25) is 10.0 Å². The molecule has 0 fully saturated rings. The van der Waals surface area contributed by atoms with Crippen molar-refractivity contribution in [1.29, 1.82) is 0 Å². The van der Waals surface area contributed by atoms with Gasteiger partial charge in [0, 0.05) is 13.1 Å². The minimum atomic E-state index is -3.31. The average Bonchev–Trinajstić information content (AvgIpc) is 2.41. The first-order valence-corrected chi connectivity index (χ1v) is 8.54. The summed E-state index contributed by atoms with van der Waals surface area (Å²) >= 11 is 0. The van der Waals surface area contributed by atoms with Gasteiger partial charge in [0.05, 0.1) is 18.5 Å². The molecule has 0 bridgehead atoms. The molecular formula is C14H23IN4O2S. The normalized spacial score (nSPS) is 11.3. The Labute approximate surface area is 149 Å². The monoisotopic (exact) mass is 438 g/mol. The van der Waals surface area contributed by atoms with Gasteiger partial charge < -0.3 is 10.6 Å². The molecule has 3 N–H and O–H groups in total. The van der Waals surface area contributed by atoms with E-state index in [9.17, 15) is 8.42 Å². The Bertz CT molecular complexity index is 603. The molecule has 0 heterocycles. The zero-order chi connectivity index (χ0) is 15.7. The van der Waals surface area contributed by atoms with Crippen LogP contribution in [0.5, 0.6) is 0 Å². The van der Waals surface area contributed by atoms with Crippen LogP contribution in [0, 0.1) is 0 Å². The van der Waals surface area contributed by atoms with Gasteiger partial charge in [-0.1, -0.05) is 24.3 Å². The highest BCUT2D eigenvalue weighted by molar-refractivity contribution is 14.0. The molecule has 6 nitrogen and oxygen atoms in total. The Kier molecular flexibility index (Phi) is 9.83. The molecule has 0 amide bonds. The fourth-order valence-electron chi connectivity index (χ4n) is 1.63. The van der Waals surface area contributed by atoms with E-state index in [4.69, 9.17) is 0 Å². The Balaban J connectivity index is 0.00000441. The lowest BCUT2D eigenvalue weighted by molar-refractivity contribution is 0.606. The van der Waals surface area contributed by atoms with Crippen molar-refractivity contribution < 1.29 is 8.42 Å². The molecule has 124 valence electrons. The summed E-state index contributed by atoms with van der Waals surface area (Å²) in [7, 11) is -3.31. The van der Waals surface area contributed by atoms with Crippen LogP contribution in [0.15, 0.2) is 41.9 Å². The van der Waals surface area contributed by atoms with E-state index in [1.807, 2.05) is 19.1 Å². The topological polar surface area (TPSA) is 82.6 Å². The predicted octanol–water partition coefficient (Wildman–Crippen LogP) is 1.92. The summed E-state index contributed by atoms with van der Waals surface area (Å²) in [5.74, 6) is 0.659. The van der Waals surface area contributed by atoms with Crippen LogP contribution in [0.3, 0.4) is 0 Å². The zero-order valence-corrected chi connectivity index (χ0v) is 15.9. The average molecular weight is 438 g/mol. The summed E-state index contributed by atoms with van der Waals surface area (Å²) < 4.78 is 25.2. The first kappa shape index (κ1) is 20.7. The molecule has 0 radical (unpaired) electrons. The van der Waals surface area contributed by atoms with Crippen LogP contribution in [0.25, 0.3) is 0 Å². The van der Waals surface area contributed by atoms with Crippen LogP contribution in [0.4, 0.5) is 5.69 Å². The van der Waals surface area contributed by atoms with Crippen molar-refractivity contribution in [1.82, 2.24) is 10.6 Å². The summed E-state index contributed by atoms with van der Waals surface area (Å²) in [6.07, 6.45) is 2.87. The standard InChI is InChI=1S/C14H22N4O2S.HI/c1-4-10-16-14(15-5-2)17-11-12-8-6-7-9-13(12)18-21(3,19)20;/h4,6-9,18H,1,5,10-11H2,2-3H3,(H2,15,16,17);1H. The maximum atomic E-state index is 11.4. The van der Waals surface area contributed by atoms with Crippen LogP contribution < -0.4 is 15.4 Å². The summed E-state index contributed by atoms with van der Waals surface area (Å²) in [5.41, 5.74) is 1.35. The van der Waals surface area contributed by atoms with Crippen LogP contribution in [-0.4, -0.2) is 33.7 Å². The lowest BCUT2D eigenvalue weighted by atomic mass is 10.2. The van der Waals surface area contributed by atoms with Crippen molar-refractivity contribution >= 4 is 45.6 Å². The number of guanidine groups is 1. The Hall–Kier alpha value is -1.29. The number of rotatable bonds is 7. The number of benzene rings is 1. The third-order valence-electron chi connectivity index (χ3n) is 2.48. The maximum Gasteiger partial charge on any atom is 0.229 e. The second kappa shape index (κ2) is 10.4. The molecular weight excluding hydrogens is 415 g/mol. The number of aliphatic imine (C=N–C) groups is 1. The number of sulfonamides is 1. The van der Waals surface area contributed by atoms with Gasteiger partial charge in [0.25, 0.3) is 0 Å².